The van der Waals surface area contributed by atoms with Crippen LogP contribution in [0.15, 0.2) is 48.5 Å². The van der Waals surface area contributed by atoms with Crippen molar-refractivity contribution in [2.45, 2.75) is 25.9 Å². The maximum absolute atomic E-state index is 12.7. The first-order valence-electron chi connectivity index (χ1n) is 9.03. The molecule has 0 bridgehead atoms. The summed E-state index contributed by atoms with van der Waals surface area (Å²) < 4.78 is 5.25. The van der Waals surface area contributed by atoms with Crippen molar-refractivity contribution < 1.29 is 19.1 Å². The van der Waals surface area contributed by atoms with Crippen molar-refractivity contribution in [1.29, 1.82) is 0 Å². The highest BCUT2D eigenvalue weighted by Gasteiger charge is 2.34. The highest BCUT2D eigenvalue weighted by Crippen LogP contribution is 2.25. The molecule has 2 aromatic rings. The lowest BCUT2D eigenvalue weighted by atomic mass is 10.1. The van der Waals surface area contributed by atoms with E-state index in [1.165, 1.54) is 12.0 Å². The van der Waals surface area contributed by atoms with E-state index in [9.17, 15) is 14.4 Å². The third-order valence-corrected chi connectivity index (χ3v) is 4.51. The molecule has 1 aliphatic heterocycles. The number of carbonyl (C=O) groups is 3. The average molecular weight is 381 g/mol. The molecule has 1 fully saturated rings. The predicted molar refractivity (Wildman–Crippen MR) is 105 cm³/mol. The van der Waals surface area contributed by atoms with Gasteiger partial charge in [-0.2, -0.15) is 0 Å². The normalized spacial score (nSPS) is 16.5. The first-order chi connectivity index (χ1) is 13.5. The van der Waals surface area contributed by atoms with Crippen LogP contribution < -0.4 is 15.4 Å². The van der Waals surface area contributed by atoms with E-state index in [0.717, 1.165) is 11.1 Å². The molecule has 0 saturated carbocycles. The first-order valence-corrected chi connectivity index (χ1v) is 9.03. The van der Waals surface area contributed by atoms with Crippen LogP contribution >= 0.6 is 0 Å². The third kappa shape index (κ3) is 4.68. The summed E-state index contributed by atoms with van der Waals surface area (Å²) in [5.41, 5.74) is 2.42. The van der Waals surface area contributed by atoms with E-state index in [0.29, 0.717) is 18.0 Å². The molecule has 0 radical (unpaired) electrons. The minimum atomic E-state index is -0.888. The SMILES string of the molecule is COc1ccc(C)cc1NC(=O)C[C@H]1NC(=O)CN(Cc2ccccc2)C1=O. The molecule has 1 heterocycles. The summed E-state index contributed by atoms with van der Waals surface area (Å²) in [6.07, 6.45) is -0.146. The average Bonchev–Trinajstić information content (AvgIpc) is 2.66. The minimum Gasteiger partial charge on any atom is -0.495 e. The van der Waals surface area contributed by atoms with Crippen LogP contribution in [0.5, 0.6) is 5.75 Å². The molecule has 146 valence electrons. The van der Waals surface area contributed by atoms with E-state index in [4.69, 9.17) is 4.74 Å². The summed E-state index contributed by atoms with van der Waals surface area (Å²) in [5, 5.41) is 5.38. The number of nitrogens with zero attached hydrogens (tertiary/aromatic N) is 1. The number of hydrogen-bond donors (Lipinski definition) is 2. The zero-order chi connectivity index (χ0) is 20.1. The van der Waals surface area contributed by atoms with E-state index in [1.54, 1.807) is 12.1 Å². The number of piperazine rings is 1. The van der Waals surface area contributed by atoms with Gasteiger partial charge in [0.05, 0.1) is 25.8 Å². The second-order valence-electron chi connectivity index (χ2n) is 6.76. The van der Waals surface area contributed by atoms with Crippen LogP contribution in [0, 0.1) is 6.92 Å². The van der Waals surface area contributed by atoms with Crippen molar-refractivity contribution in [3.8, 4) is 5.75 Å². The molecule has 3 rings (SSSR count). The number of ether oxygens (including phenoxy) is 1. The van der Waals surface area contributed by atoms with Gasteiger partial charge < -0.3 is 20.3 Å². The number of benzene rings is 2. The summed E-state index contributed by atoms with van der Waals surface area (Å²) in [6.45, 7) is 2.22. The van der Waals surface area contributed by atoms with Gasteiger partial charge in [0, 0.05) is 6.54 Å². The molecule has 7 nitrogen and oxygen atoms in total. The topological polar surface area (TPSA) is 87.7 Å². The van der Waals surface area contributed by atoms with Crippen molar-refractivity contribution in [1.82, 2.24) is 10.2 Å². The lowest BCUT2D eigenvalue weighted by molar-refractivity contribution is -0.145. The highest BCUT2D eigenvalue weighted by atomic mass is 16.5. The van der Waals surface area contributed by atoms with Crippen LogP contribution in [-0.4, -0.2) is 42.3 Å². The first kappa shape index (κ1) is 19.4. The van der Waals surface area contributed by atoms with E-state index in [1.807, 2.05) is 43.3 Å². The number of aryl methyl sites for hydroxylation is 1. The van der Waals surface area contributed by atoms with Crippen molar-refractivity contribution >= 4 is 23.4 Å². The Morgan fingerprint density at radius 2 is 1.96 bits per heavy atom. The standard InChI is InChI=1S/C21H23N3O4/c1-14-8-9-18(28-2)16(10-14)22-19(25)11-17-21(27)24(13-20(26)23-17)12-15-6-4-3-5-7-15/h3-10,17H,11-13H2,1-2H3,(H,22,25)(H,23,26)/t17-/m1/s1. The quantitative estimate of drug-likeness (QED) is 0.800. The van der Waals surface area contributed by atoms with Gasteiger partial charge in [-0.25, -0.2) is 0 Å². The highest BCUT2D eigenvalue weighted by molar-refractivity contribution is 6.00. The van der Waals surface area contributed by atoms with E-state index in [-0.39, 0.29) is 30.7 Å². The van der Waals surface area contributed by atoms with E-state index < -0.39 is 6.04 Å². The van der Waals surface area contributed by atoms with Gasteiger partial charge in [-0.05, 0) is 30.2 Å². The van der Waals surface area contributed by atoms with Crippen molar-refractivity contribution in [3.05, 3.63) is 59.7 Å². The molecule has 0 aliphatic carbocycles. The third-order valence-electron chi connectivity index (χ3n) is 4.51. The van der Waals surface area contributed by atoms with Crippen LogP contribution in [0.25, 0.3) is 0 Å². The van der Waals surface area contributed by atoms with Gasteiger partial charge in [-0.3, -0.25) is 14.4 Å². The lowest BCUT2D eigenvalue weighted by Crippen LogP contribution is -2.58. The Morgan fingerprint density at radius 1 is 1.21 bits per heavy atom. The van der Waals surface area contributed by atoms with E-state index >= 15 is 0 Å². The zero-order valence-electron chi connectivity index (χ0n) is 15.9. The number of rotatable bonds is 6. The molecule has 3 amide bonds. The molecule has 0 spiro atoms. The van der Waals surface area contributed by atoms with Crippen LogP contribution in [0.2, 0.25) is 0 Å². The predicted octanol–water partition coefficient (Wildman–Crippen LogP) is 1.86. The molecule has 1 atom stereocenters. The van der Waals surface area contributed by atoms with Gasteiger partial charge in [0.25, 0.3) is 0 Å². The van der Waals surface area contributed by atoms with Gasteiger partial charge >= 0.3 is 0 Å². The molecule has 2 N–H and O–H groups in total. The Balaban J connectivity index is 1.67. The second kappa shape index (κ2) is 8.56. The molecule has 1 saturated heterocycles. The van der Waals surface area contributed by atoms with Crippen LogP contribution in [0.4, 0.5) is 5.69 Å². The lowest BCUT2D eigenvalue weighted by Gasteiger charge is -2.32. The Bertz CT molecular complexity index is 882. The molecular formula is C21H23N3O4. The van der Waals surface area contributed by atoms with Crippen molar-refractivity contribution in [2.24, 2.45) is 0 Å². The Labute approximate surface area is 163 Å². The van der Waals surface area contributed by atoms with Crippen LogP contribution in [-0.2, 0) is 20.9 Å². The van der Waals surface area contributed by atoms with Crippen LogP contribution in [0.1, 0.15) is 17.5 Å². The Kier molecular flexibility index (Phi) is 5.93. The van der Waals surface area contributed by atoms with Gasteiger partial charge in [-0.15, -0.1) is 0 Å². The number of anilines is 1. The summed E-state index contributed by atoms with van der Waals surface area (Å²) in [5.74, 6) is -0.385. The van der Waals surface area contributed by atoms with Crippen LogP contribution in [0.3, 0.4) is 0 Å². The molecule has 7 heteroatoms. The Morgan fingerprint density at radius 3 is 2.68 bits per heavy atom. The fourth-order valence-corrected chi connectivity index (χ4v) is 3.16. The molecule has 0 unspecified atom stereocenters. The number of amides is 3. The van der Waals surface area contributed by atoms with Crippen molar-refractivity contribution in [2.75, 3.05) is 19.0 Å². The monoisotopic (exact) mass is 381 g/mol. The number of methoxy groups -OCH3 is 1. The summed E-state index contributed by atoms with van der Waals surface area (Å²) in [6, 6.07) is 14.0. The second-order valence-corrected chi connectivity index (χ2v) is 6.76. The summed E-state index contributed by atoms with van der Waals surface area (Å²) in [7, 11) is 1.52. The number of hydrogen-bond acceptors (Lipinski definition) is 4. The fraction of sp³-hybridized carbons (Fsp3) is 0.286. The van der Waals surface area contributed by atoms with Gasteiger partial charge in [-0.1, -0.05) is 36.4 Å². The Hall–Kier alpha value is -3.35. The van der Waals surface area contributed by atoms with Crippen molar-refractivity contribution in [3.63, 3.8) is 0 Å². The number of nitrogens with one attached hydrogen (secondary N) is 2. The fourth-order valence-electron chi connectivity index (χ4n) is 3.16. The minimum absolute atomic E-state index is 0.0163. The smallest absolute Gasteiger partial charge is 0.246 e. The molecular weight excluding hydrogens is 358 g/mol. The van der Waals surface area contributed by atoms with Gasteiger partial charge in [0.1, 0.15) is 11.8 Å². The maximum Gasteiger partial charge on any atom is 0.246 e. The van der Waals surface area contributed by atoms with Gasteiger partial charge in [0.2, 0.25) is 17.7 Å². The molecule has 1 aliphatic rings. The number of carbonyl (C=O) groups excluding carboxylic acids is 3. The molecule has 0 aromatic heterocycles. The van der Waals surface area contributed by atoms with E-state index in [2.05, 4.69) is 10.6 Å². The summed E-state index contributed by atoms with van der Waals surface area (Å²) >= 11 is 0. The largest absolute Gasteiger partial charge is 0.495 e. The zero-order valence-corrected chi connectivity index (χ0v) is 15.9. The van der Waals surface area contributed by atoms with Gasteiger partial charge in [0.15, 0.2) is 0 Å². The maximum atomic E-state index is 12.7. The summed E-state index contributed by atoms with van der Waals surface area (Å²) in [4.78, 5) is 38.8. The molecule has 2 aromatic carbocycles. The molecule has 28 heavy (non-hydrogen) atoms.